The highest BCUT2D eigenvalue weighted by atomic mass is 32.2. The lowest BCUT2D eigenvalue weighted by Crippen LogP contribution is -2.35. The predicted octanol–water partition coefficient (Wildman–Crippen LogP) is 4.58. The molecule has 1 saturated heterocycles. The maximum absolute atomic E-state index is 13.4. The molecule has 29 heavy (non-hydrogen) atoms. The summed E-state index contributed by atoms with van der Waals surface area (Å²) < 4.78 is 66.5. The van der Waals surface area contributed by atoms with Gasteiger partial charge in [0.15, 0.2) is 0 Å². The Balaban J connectivity index is 1.84. The van der Waals surface area contributed by atoms with Crippen LogP contribution in [0.4, 0.5) is 18.9 Å². The van der Waals surface area contributed by atoms with Crippen molar-refractivity contribution in [2.24, 2.45) is 0 Å². The van der Waals surface area contributed by atoms with Gasteiger partial charge in [-0.15, -0.1) is 0 Å². The molecule has 0 spiro atoms. The minimum Gasteiger partial charge on any atom is -0.322 e. The van der Waals surface area contributed by atoms with Gasteiger partial charge in [-0.1, -0.05) is 13.0 Å². The van der Waals surface area contributed by atoms with Crippen LogP contribution in [0.2, 0.25) is 0 Å². The van der Waals surface area contributed by atoms with E-state index in [4.69, 9.17) is 0 Å². The van der Waals surface area contributed by atoms with Crippen molar-refractivity contribution in [1.82, 2.24) is 4.31 Å². The number of hydrogen-bond donors (Lipinski definition) is 1. The minimum atomic E-state index is -3.75. The zero-order valence-electron chi connectivity index (χ0n) is 15.7. The van der Waals surface area contributed by atoms with Gasteiger partial charge in [0.1, 0.15) is 5.82 Å². The molecule has 0 radical (unpaired) electrons. The number of hydrogen-bond acceptors (Lipinski definition) is 3. The number of nitrogens with zero attached hydrogens (tertiary/aromatic N) is 1. The normalized spacial score (nSPS) is 17.6. The third kappa shape index (κ3) is 4.45. The number of amides is 1. The van der Waals surface area contributed by atoms with Gasteiger partial charge >= 0.3 is 0 Å². The van der Waals surface area contributed by atoms with Crippen molar-refractivity contribution in [2.45, 2.75) is 43.5 Å². The van der Waals surface area contributed by atoms with Gasteiger partial charge in [0.2, 0.25) is 10.0 Å². The number of carbonyl (C=O) groups excluding carboxylic acids is 1. The first kappa shape index (κ1) is 21.3. The van der Waals surface area contributed by atoms with E-state index in [-0.39, 0.29) is 22.2 Å². The van der Waals surface area contributed by atoms with Crippen LogP contribution in [-0.4, -0.2) is 31.2 Å². The summed E-state index contributed by atoms with van der Waals surface area (Å²) in [6, 6.07) is 8.35. The molecule has 2 aromatic carbocycles. The van der Waals surface area contributed by atoms with Gasteiger partial charge < -0.3 is 5.32 Å². The molecule has 156 valence electrons. The summed E-state index contributed by atoms with van der Waals surface area (Å²) in [5, 5.41) is 2.40. The second kappa shape index (κ2) is 8.54. The topological polar surface area (TPSA) is 66.5 Å². The lowest BCUT2D eigenvalue weighted by atomic mass is 10.1. The lowest BCUT2D eigenvalue weighted by molar-refractivity contribution is 0.102. The van der Waals surface area contributed by atoms with E-state index in [2.05, 4.69) is 5.32 Å². The molecule has 9 heteroatoms. The Labute approximate surface area is 167 Å². The quantitative estimate of drug-likeness (QED) is 0.735. The van der Waals surface area contributed by atoms with E-state index in [9.17, 15) is 26.4 Å². The Hall–Kier alpha value is -2.39. The summed E-state index contributed by atoms with van der Waals surface area (Å²) in [5.41, 5.74) is -0.773. The standard InChI is InChI=1S/C20H21F3N2O3S/c1-2-15-6-4-10-25(15)29(27,28)16-7-3-5-13(11-16)20(26)24-14-8-9-18(21)17(12-14)19(22)23/h3,5,7-9,11-12,15,19H,2,4,6,10H2,1H3,(H,24,26). The van der Waals surface area contributed by atoms with Crippen LogP contribution in [0.5, 0.6) is 0 Å². The van der Waals surface area contributed by atoms with Crippen molar-refractivity contribution in [2.75, 3.05) is 11.9 Å². The van der Waals surface area contributed by atoms with Gasteiger partial charge in [-0.05, 0) is 55.7 Å². The van der Waals surface area contributed by atoms with E-state index in [1.54, 1.807) is 0 Å². The number of alkyl halides is 2. The fourth-order valence-electron chi connectivity index (χ4n) is 3.46. The molecular formula is C20H21F3N2O3S. The highest BCUT2D eigenvalue weighted by molar-refractivity contribution is 7.89. The van der Waals surface area contributed by atoms with E-state index in [1.165, 1.54) is 28.6 Å². The molecule has 1 amide bonds. The third-order valence-electron chi connectivity index (χ3n) is 4.99. The number of anilines is 1. The largest absolute Gasteiger partial charge is 0.322 e. The molecule has 1 N–H and O–H groups in total. The van der Waals surface area contributed by atoms with Crippen LogP contribution in [-0.2, 0) is 10.0 Å². The van der Waals surface area contributed by atoms with E-state index >= 15 is 0 Å². The van der Waals surface area contributed by atoms with Crippen LogP contribution >= 0.6 is 0 Å². The summed E-state index contributed by atoms with van der Waals surface area (Å²) >= 11 is 0. The highest BCUT2D eigenvalue weighted by Gasteiger charge is 2.34. The molecular weight excluding hydrogens is 405 g/mol. The number of sulfonamides is 1. The Morgan fingerprint density at radius 1 is 1.24 bits per heavy atom. The van der Waals surface area contributed by atoms with Crippen molar-refractivity contribution in [3.63, 3.8) is 0 Å². The third-order valence-corrected chi connectivity index (χ3v) is 6.93. The van der Waals surface area contributed by atoms with E-state index < -0.39 is 33.7 Å². The fourth-order valence-corrected chi connectivity index (χ4v) is 5.27. The molecule has 1 fully saturated rings. The zero-order chi connectivity index (χ0) is 21.2. The second-order valence-corrected chi connectivity index (χ2v) is 8.73. The van der Waals surface area contributed by atoms with Gasteiger partial charge in [0.25, 0.3) is 12.3 Å². The average molecular weight is 426 g/mol. The number of halogens is 3. The molecule has 1 atom stereocenters. The Kier molecular flexibility index (Phi) is 6.28. The van der Waals surface area contributed by atoms with Crippen LogP contribution in [0, 0.1) is 5.82 Å². The SMILES string of the molecule is CCC1CCCN1S(=O)(=O)c1cccc(C(=O)Nc2ccc(F)c(C(F)F)c2)c1. The fraction of sp³-hybridized carbons (Fsp3) is 0.350. The molecule has 3 rings (SSSR count). The van der Waals surface area contributed by atoms with Gasteiger partial charge in [0.05, 0.1) is 10.5 Å². The maximum atomic E-state index is 13.4. The summed E-state index contributed by atoms with van der Waals surface area (Å²) in [7, 11) is -3.75. The number of nitrogens with one attached hydrogen (secondary N) is 1. The van der Waals surface area contributed by atoms with Crippen LogP contribution < -0.4 is 5.32 Å². The minimum absolute atomic E-state index is 0.00197. The van der Waals surface area contributed by atoms with Crippen LogP contribution in [0.3, 0.4) is 0 Å². The van der Waals surface area contributed by atoms with Gasteiger partial charge in [-0.25, -0.2) is 21.6 Å². The van der Waals surface area contributed by atoms with E-state index in [1.807, 2.05) is 6.92 Å². The van der Waals surface area contributed by atoms with Crippen molar-refractivity contribution >= 4 is 21.6 Å². The molecule has 0 bridgehead atoms. The van der Waals surface area contributed by atoms with Crippen molar-refractivity contribution < 1.29 is 26.4 Å². The summed E-state index contributed by atoms with van der Waals surface area (Å²) in [4.78, 5) is 12.5. The molecule has 5 nitrogen and oxygen atoms in total. The lowest BCUT2D eigenvalue weighted by Gasteiger charge is -2.23. The Morgan fingerprint density at radius 3 is 2.69 bits per heavy atom. The maximum Gasteiger partial charge on any atom is 0.266 e. The first-order valence-electron chi connectivity index (χ1n) is 9.25. The molecule has 0 aliphatic carbocycles. The Bertz CT molecular complexity index is 1010. The van der Waals surface area contributed by atoms with Crippen LogP contribution in [0.15, 0.2) is 47.4 Å². The zero-order valence-corrected chi connectivity index (χ0v) is 16.6. The monoisotopic (exact) mass is 426 g/mol. The van der Waals surface area contributed by atoms with Crippen molar-refractivity contribution in [3.05, 3.63) is 59.4 Å². The number of carbonyl (C=O) groups is 1. The molecule has 1 aliphatic rings. The first-order chi connectivity index (χ1) is 13.7. The molecule has 0 saturated carbocycles. The Morgan fingerprint density at radius 2 is 2.00 bits per heavy atom. The second-order valence-electron chi connectivity index (χ2n) is 6.84. The van der Waals surface area contributed by atoms with E-state index in [0.29, 0.717) is 13.0 Å². The van der Waals surface area contributed by atoms with Crippen LogP contribution in [0.1, 0.15) is 48.5 Å². The molecule has 1 unspecified atom stereocenters. The van der Waals surface area contributed by atoms with Crippen molar-refractivity contribution in [1.29, 1.82) is 0 Å². The summed E-state index contributed by atoms with van der Waals surface area (Å²) in [5.74, 6) is -1.75. The van der Waals surface area contributed by atoms with Gasteiger partial charge in [-0.3, -0.25) is 4.79 Å². The van der Waals surface area contributed by atoms with Gasteiger partial charge in [0, 0.05) is 23.8 Å². The first-order valence-corrected chi connectivity index (χ1v) is 10.7. The molecule has 0 aromatic heterocycles. The highest BCUT2D eigenvalue weighted by Crippen LogP contribution is 2.29. The smallest absolute Gasteiger partial charge is 0.266 e. The molecule has 1 heterocycles. The number of rotatable bonds is 6. The van der Waals surface area contributed by atoms with Crippen molar-refractivity contribution in [3.8, 4) is 0 Å². The summed E-state index contributed by atoms with van der Waals surface area (Å²) in [6.07, 6.45) is -0.731. The number of benzene rings is 2. The average Bonchev–Trinajstić information content (AvgIpc) is 3.19. The predicted molar refractivity (Wildman–Crippen MR) is 103 cm³/mol. The summed E-state index contributed by atoms with van der Waals surface area (Å²) in [6.45, 7) is 2.36. The van der Waals surface area contributed by atoms with E-state index in [0.717, 1.165) is 31.0 Å². The molecule has 1 aliphatic heterocycles. The molecule has 2 aromatic rings. The van der Waals surface area contributed by atoms with Crippen LogP contribution in [0.25, 0.3) is 0 Å². The van der Waals surface area contributed by atoms with Gasteiger partial charge in [-0.2, -0.15) is 4.31 Å².